The molecule has 0 aliphatic carbocycles. The highest BCUT2D eigenvalue weighted by Crippen LogP contribution is 2.42. The van der Waals surface area contributed by atoms with Gasteiger partial charge in [0.1, 0.15) is 5.82 Å². The minimum absolute atomic E-state index is 0.237. The Hall–Kier alpha value is -0.610. The van der Waals surface area contributed by atoms with E-state index in [-0.39, 0.29) is 11.2 Å². The molecule has 2 aromatic carbocycles. The first-order chi connectivity index (χ1) is 9.58. The Bertz CT molecular complexity index is 765. The summed E-state index contributed by atoms with van der Waals surface area (Å²) in [6.45, 7) is 0. The summed E-state index contributed by atoms with van der Waals surface area (Å²) in [4.78, 5) is 0.931. The summed E-state index contributed by atoms with van der Waals surface area (Å²) in [6, 6.07) is 12.4. The largest absolute Gasteiger partial charge is 0.206 e. The Balaban J connectivity index is 2.17. The Labute approximate surface area is 138 Å². The van der Waals surface area contributed by atoms with Gasteiger partial charge in [0.2, 0.25) is 0 Å². The monoisotopic (exact) mass is 388 g/mol. The minimum Gasteiger partial charge on any atom is -0.206 e. The van der Waals surface area contributed by atoms with Crippen molar-refractivity contribution in [2.45, 2.75) is 5.38 Å². The number of alkyl halides is 1. The molecule has 3 aromatic rings. The molecule has 0 saturated heterocycles. The van der Waals surface area contributed by atoms with E-state index in [0.29, 0.717) is 10.4 Å². The Morgan fingerprint density at radius 3 is 2.45 bits per heavy atom. The fraction of sp³-hybridized carbons (Fsp3) is 0.0667. The molecule has 102 valence electrons. The number of rotatable bonds is 2. The topological polar surface area (TPSA) is 0 Å². The van der Waals surface area contributed by atoms with E-state index >= 15 is 0 Å². The van der Waals surface area contributed by atoms with Gasteiger partial charge in [-0.25, -0.2) is 4.39 Å². The van der Waals surface area contributed by atoms with E-state index in [1.54, 1.807) is 12.1 Å². The van der Waals surface area contributed by atoms with Crippen LogP contribution in [0.1, 0.15) is 15.8 Å². The molecule has 5 heteroatoms. The van der Waals surface area contributed by atoms with Crippen LogP contribution in [0.5, 0.6) is 0 Å². The van der Waals surface area contributed by atoms with Gasteiger partial charge in [-0.2, -0.15) is 0 Å². The SMILES string of the molecule is Fc1ccc(C(Cl)c2cc(Cl)c(Br)s2)c2ccccc12. The van der Waals surface area contributed by atoms with Crippen LogP contribution in [0.2, 0.25) is 5.02 Å². The number of fused-ring (bicyclic) bond motifs is 1. The molecule has 0 spiro atoms. The lowest BCUT2D eigenvalue weighted by Gasteiger charge is -2.12. The van der Waals surface area contributed by atoms with E-state index in [1.165, 1.54) is 17.4 Å². The molecule has 0 radical (unpaired) electrons. The average molecular weight is 390 g/mol. The standard InChI is InChI=1S/C15H8BrCl2FS/c16-15-11(17)7-13(20-15)14(18)10-5-6-12(19)9-4-2-1-3-8(9)10/h1-7,14H. The third kappa shape index (κ3) is 2.48. The van der Waals surface area contributed by atoms with Crippen molar-refractivity contribution in [2.24, 2.45) is 0 Å². The zero-order valence-electron chi connectivity index (χ0n) is 10.0. The fourth-order valence-corrected chi connectivity index (χ4v) is 4.28. The molecular weight excluding hydrogens is 382 g/mol. The van der Waals surface area contributed by atoms with Crippen LogP contribution >= 0.6 is 50.5 Å². The van der Waals surface area contributed by atoms with Crippen molar-refractivity contribution >= 4 is 61.2 Å². The molecule has 20 heavy (non-hydrogen) atoms. The van der Waals surface area contributed by atoms with Gasteiger partial charge >= 0.3 is 0 Å². The van der Waals surface area contributed by atoms with Gasteiger partial charge in [0.05, 0.1) is 14.2 Å². The summed E-state index contributed by atoms with van der Waals surface area (Å²) < 4.78 is 14.7. The molecule has 0 amide bonds. The maximum atomic E-state index is 13.8. The first kappa shape index (κ1) is 14.3. The van der Waals surface area contributed by atoms with E-state index in [2.05, 4.69) is 15.9 Å². The predicted molar refractivity (Wildman–Crippen MR) is 88.6 cm³/mol. The van der Waals surface area contributed by atoms with Crippen LogP contribution in [0.4, 0.5) is 4.39 Å². The molecule has 1 unspecified atom stereocenters. The third-order valence-corrected chi connectivity index (χ3v) is 6.23. The molecule has 0 nitrogen and oxygen atoms in total. The molecule has 0 fully saturated rings. The summed E-state index contributed by atoms with van der Waals surface area (Å²) in [5.74, 6) is -0.237. The lowest BCUT2D eigenvalue weighted by molar-refractivity contribution is 0.639. The summed E-state index contributed by atoms with van der Waals surface area (Å²) in [7, 11) is 0. The normalized spacial score (nSPS) is 12.8. The maximum Gasteiger partial charge on any atom is 0.131 e. The summed E-state index contributed by atoms with van der Waals surface area (Å²) >= 11 is 17.5. The Kier molecular flexibility index (Phi) is 4.04. The summed E-state index contributed by atoms with van der Waals surface area (Å²) in [6.07, 6.45) is 0. The van der Waals surface area contributed by atoms with Gasteiger partial charge in [-0.1, -0.05) is 41.9 Å². The number of benzene rings is 2. The van der Waals surface area contributed by atoms with Crippen molar-refractivity contribution in [3.05, 3.63) is 67.5 Å². The van der Waals surface area contributed by atoms with Crippen LogP contribution in [-0.4, -0.2) is 0 Å². The van der Waals surface area contributed by atoms with Gasteiger partial charge in [-0.3, -0.25) is 0 Å². The van der Waals surface area contributed by atoms with Crippen molar-refractivity contribution in [3.8, 4) is 0 Å². The van der Waals surface area contributed by atoms with Crippen molar-refractivity contribution in [1.29, 1.82) is 0 Å². The Morgan fingerprint density at radius 2 is 1.80 bits per heavy atom. The van der Waals surface area contributed by atoms with Gasteiger partial charge in [0.15, 0.2) is 0 Å². The van der Waals surface area contributed by atoms with Crippen LogP contribution in [-0.2, 0) is 0 Å². The molecule has 0 saturated carbocycles. The van der Waals surface area contributed by atoms with E-state index in [0.717, 1.165) is 19.6 Å². The lowest BCUT2D eigenvalue weighted by Crippen LogP contribution is -1.93. The van der Waals surface area contributed by atoms with E-state index < -0.39 is 0 Å². The molecule has 0 aliphatic heterocycles. The lowest BCUT2D eigenvalue weighted by atomic mass is 10.0. The molecular formula is C15H8BrCl2FS. The third-order valence-electron chi connectivity index (χ3n) is 3.09. The van der Waals surface area contributed by atoms with Crippen LogP contribution in [0.25, 0.3) is 10.8 Å². The molecule has 3 rings (SSSR count). The number of halogens is 4. The van der Waals surface area contributed by atoms with Gasteiger partial charge in [-0.15, -0.1) is 22.9 Å². The Morgan fingerprint density at radius 1 is 1.10 bits per heavy atom. The van der Waals surface area contributed by atoms with Crippen LogP contribution in [0, 0.1) is 5.82 Å². The van der Waals surface area contributed by atoms with Crippen LogP contribution in [0.3, 0.4) is 0 Å². The average Bonchev–Trinajstić information content (AvgIpc) is 2.79. The highest BCUT2D eigenvalue weighted by molar-refractivity contribution is 9.11. The summed E-state index contributed by atoms with van der Waals surface area (Å²) in [5, 5.41) is 1.70. The molecule has 0 aliphatic rings. The van der Waals surface area contributed by atoms with Crippen molar-refractivity contribution in [2.75, 3.05) is 0 Å². The van der Waals surface area contributed by atoms with E-state index in [4.69, 9.17) is 23.2 Å². The van der Waals surface area contributed by atoms with Gasteiger partial charge in [-0.05, 0) is 39.0 Å². The zero-order chi connectivity index (χ0) is 14.3. The zero-order valence-corrected chi connectivity index (χ0v) is 14.0. The second kappa shape index (κ2) is 5.64. The molecule has 1 atom stereocenters. The highest BCUT2D eigenvalue weighted by atomic mass is 79.9. The first-order valence-electron chi connectivity index (χ1n) is 5.84. The van der Waals surface area contributed by atoms with Crippen molar-refractivity contribution in [3.63, 3.8) is 0 Å². The van der Waals surface area contributed by atoms with Crippen molar-refractivity contribution in [1.82, 2.24) is 0 Å². The predicted octanol–water partition coefficient (Wildman–Crippen LogP) is 6.78. The molecule has 1 heterocycles. The smallest absolute Gasteiger partial charge is 0.131 e. The quantitative estimate of drug-likeness (QED) is 0.423. The molecule has 0 N–H and O–H groups in total. The highest BCUT2D eigenvalue weighted by Gasteiger charge is 2.18. The van der Waals surface area contributed by atoms with Crippen molar-refractivity contribution < 1.29 is 4.39 Å². The second-order valence-corrected chi connectivity index (χ2v) is 7.56. The number of thiophene rings is 1. The summed E-state index contributed by atoms with van der Waals surface area (Å²) in [5.41, 5.74) is 0.883. The number of hydrogen-bond acceptors (Lipinski definition) is 1. The van der Waals surface area contributed by atoms with E-state index in [1.807, 2.05) is 24.3 Å². The van der Waals surface area contributed by atoms with Gasteiger partial charge in [0, 0.05) is 10.3 Å². The minimum atomic E-state index is -0.353. The van der Waals surface area contributed by atoms with Crippen LogP contribution in [0.15, 0.2) is 46.3 Å². The van der Waals surface area contributed by atoms with Gasteiger partial charge < -0.3 is 0 Å². The molecule has 0 bridgehead atoms. The number of hydrogen-bond donors (Lipinski definition) is 0. The molecule has 1 aromatic heterocycles. The maximum absolute atomic E-state index is 13.8. The fourth-order valence-electron chi connectivity index (χ4n) is 2.15. The van der Waals surface area contributed by atoms with E-state index in [9.17, 15) is 4.39 Å². The van der Waals surface area contributed by atoms with Crippen LogP contribution < -0.4 is 0 Å². The second-order valence-electron chi connectivity index (χ2n) is 4.32. The first-order valence-corrected chi connectivity index (χ1v) is 8.26. The van der Waals surface area contributed by atoms with Gasteiger partial charge in [0.25, 0.3) is 0 Å².